The lowest BCUT2D eigenvalue weighted by Crippen LogP contribution is -2.48. The molecule has 0 aromatic heterocycles. The number of carbonyl (C=O) groups is 3. The summed E-state index contributed by atoms with van der Waals surface area (Å²) in [5, 5.41) is 4.44. The van der Waals surface area contributed by atoms with Crippen LogP contribution in [0.25, 0.3) is 0 Å². The third-order valence-corrected chi connectivity index (χ3v) is 2.82. The topological polar surface area (TPSA) is 75.3 Å². The minimum atomic E-state index is -1.41. The molecule has 5 nitrogen and oxygen atoms in total. The largest absolute Gasteiger partial charge is 0.322 e. The maximum absolute atomic E-state index is 11.5. The number of aryl methyl sites for hydroxylation is 1. The fourth-order valence-electron chi connectivity index (χ4n) is 1.81. The molecule has 1 aliphatic heterocycles. The van der Waals surface area contributed by atoms with Gasteiger partial charge in [0.1, 0.15) is 0 Å². The Kier molecular flexibility index (Phi) is 2.91. The van der Waals surface area contributed by atoms with Gasteiger partial charge in [-0.15, -0.1) is 0 Å². The second-order valence-corrected chi connectivity index (χ2v) is 3.98. The first-order chi connectivity index (χ1) is 8.16. The summed E-state index contributed by atoms with van der Waals surface area (Å²) in [5.41, 5.74) is -0.393. The molecule has 0 bridgehead atoms. The van der Waals surface area contributed by atoms with Gasteiger partial charge < -0.3 is 10.1 Å². The lowest BCUT2D eigenvalue weighted by atomic mass is 9.93. The summed E-state index contributed by atoms with van der Waals surface area (Å²) < 4.78 is 0. The average Bonchev–Trinajstić information content (AvgIpc) is 2.63. The van der Waals surface area contributed by atoms with E-state index in [0.717, 1.165) is 5.56 Å². The third-order valence-electron chi connectivity index (χ3n) is 2.82. The minimum absolute atomic E-state index is 0.262. The summed E-state index contributed by atoms with van der Waals surface area (Å²) in [4.78, 5) is 33.6. The van der Waals surface area contributed by atoms with Crippen LogP contribution in [0.3, 0.4) is 0 Å². The summed E-state index contributed by atoms with van der Waals surface area (Å²) in [7, 11) is 0. The summed E-state index contributed by atoms with van der Waals surface area (Å²) in [5.74, 6) is -0.576. The number of nitrogens with one attached hydrogen (secondary N) is 2. The van der Waals surface area contributed by atoms with E-state index >= 15 is 0 Å². The van der Waals surface area contributed by atoms with Crippen LogP contribution in [0.5, 0.6) is 0 Å². The van der Waals surface area contributed by atoms with Gasteiger partial charge in [-0.1, -0.05) is 30.3 Å². The predicted octanol–water partition coefficient (Wildman–Crippen LogP) is 0.396. The third kappa shape index (κ3) is 2.18. The van der Waals surface area contributed by atoms with Crippen LogP contribution in [0.2, 0.25) is 0 Å². The van der Waals surface area contributed by atoms with Crippen LogP contribution in [0.4, 0.5) is 4.79 Å². The van der Waals surface area contributed by atoms with Gasteiger partial charge in [0.2, 0.25) is 0 Å². The van der Waals surface area contributed by atoms with E-state index in [1.807, 2.05) is 30.3 Å². The van der Waals surface area contributed by atoms with Gasteiger partial charge in [0.15, 0.2) is 11.8 Å². The van der Waals surface area contributed by atoms with Crippen molar-refractivity contribution in [3.63, 3.8) is 0 Å². The molecule has 1 atom stereocenters. The van der Waals surface area contributed by atoms with E-state index in [1.54, 1.807) is 0 Å². The number of benzene rings is 1. The second kappa shape index (κ2) is 4.37. The van der Waals surface area contributed by atoms with Crippen LogP contribution in [0.15, 0.2) is 30.3 Å². The zero-order valence-electron chi connectivity index (χ0n) is 9.10. The van der Waals surface area contributed by atoms with Crippen LogP contribution < -0.4 is 10.6 Å². The van der Waals surface area contributed by atoms with Crippen molar-refractivity contribution in [1.82, 2.24) is 10.6 Å². The molecule has 1 aromatic rings. The second-order valence-electron chi connectivity index (χ2n) is 3.98. The molecule has 0 unspecified atom stereocenters. The Morgan fingerprint density at radius 1 is 1.18 bits per heavy atom. The van der Waals surface area contributed by atoms with Gasteiger partial charge in [-0.2, -0.15) is 0 Å². The summed E-state index contributed by atoms with van der Waals surface area (Å²) in [6.07, 6.45) is 1.31. The molecule has 0 spiro atoms. The number of urea groups is 1. The number of hydrogen-bond acceptors (Lipinski definition) is 3. The van der Waals surface area contributed by atoms with Crippen molar-refractivity contribution in [3.05, 3.63) is 35.9 Å². The highest BCUT2D eigenvalue weighted by Crippen LogP contribution is 2.16. The summed E-state index contributed by atoms with van der Waals surface area (Å²) in [6, 6.07) is 8.87. The molecule has 17 heavy (non-hydrogen) atoms. The molecule has 0 radical (unpaired) electrons. The van der Waals surface area contributed by atoms with E-state index < -0.39 is 17.5 Å². The van der Waals surface area contributed by atoms with Gasteiger partial charge in [-0.05, 0) is 18.4 Å². The molecule has 1 fully saturated rings. The molecule has 1 aromatic carbocycles. The highest BCUT2D eigenvalue weighted by molar-refractivity contribution is 6.15. The van der Waals surface area contributed by atoms with Gasteiger partial charge >= 0.3 is 6.03 Å². The lowest BCUT2D eigenvalue weighted by Gasteiger charge is -2.18. The number of carbonyl (C=O) groups excluding carboxylic acids is 3. The maximum Gasteiger partial charge on any atom is 0.322 e. The highest BCUT2D eigenvalue weighted by atomic mass is 16.2. The van der Waals surface area contributed by atoms with Crippen molar-refractivity contribution in [2.75, 3.05) is 0 Å². The molecule has 5 heteroatoms. The summed E-state index contributed by atoms with van der Waals surface area (Å²) >= 11 is 0. The molecule has 3 amide bonds. The van der Waals surface area contributed by atoms with E-state index in [0.29, 0.717) is 12.7 Å². The molecule has 1 heterocycles. The van der Waals surface area contributed by atoms with Crippen molar-refractivity contribution in [3.8, 4) is 0 Å². The zero-order chi connectivity index (χ0) is 12.3. The quantitative estimate of drug-likeness (QED) is 0.448. The van der Waals surface area contributed by atoms with E-state index in [2.05, 4.69) is 10.6 Å². The Balaban J connectivity index is 2.09. The van der Waals surface area contributed by atoms with Crippen molar-refractivity contribution in [2.45, 2.75) is 18.4 Å². The average molecular weight is 232 g/mol. The highest BCUT2D eigenvalue weighted by Gasteiger charge is 2.45. The van der Waals surface area contributed by atoms with Gasteiger partial charge in [-0.3, -0.25) is 10.1 Å². The van der Waals surface area contributed by atoms with Gasteiger partial charge in [0.25, 0.3) is 5.91 Å². The Morgan fingerprint density at radius 3 is 2.41 bits per heavy atom. The molecule has 0 aliphatic carbocycles. The first kappa shape index (κ1) is 11.3. The molecule has 2 rings (SSSR count). The van der Waals surface area contributed by atoms with E-state index in [4.69, 9.17) is 0 Å². The van der Waals surface area contributed by atoms with Gasteiger partial charge in [0, 0.05) is 0 Å². The normalized spacial score (nSPS) is 23.1. The van der Waals surface area contributed by atoms with Crippen molar-refractivity contribution in [2.24, 2.45) is 0 Å². The number of rotatable bonds is 4. The maximum atomic E-state index is 11.5. The van der Waals surface area contributed by atoms with Crippen LogP contribution >= 0.6 is 0 Å². The Hall–Kier alpha value is -2.17. The number of amides is 3. The van der Waals surface area contributed by atoms with E-state index in [9.17, 15) is 14.4 Å². The summed E-state index contributed by atoms with van der Waals surface area (Å²) in [6.45, 7) is 0. The molecule has 1 aliphatic rings. The number of hydrogen-bond donors (Lipinski definition) is 2. The predicted molar refractivity (Wildman–Crippen MR) is 60.2 cm³/mol. The Bertz CT molecular complexity index is 458. The molecular weight excluding hydrogens is 220 g/mol. The van der Waals surface area contributed by atoms with E-state index in [-0.39, 0.29) is 6.42 Å². The molecule has 1 saturated heterocycles. The monoisotopic (exact) mass is 232 g/mol. The van der Waals surface area contributed by atoms with Crippen LogP contribution in [0.1, 0.15) is 12.0 Å². The smallest absolute Gasteiger partial charge is 0.317 e. The first-order valence-corrected chi connectivity index (χ1v) is 5.30. The Morgan fingerprint density at radius 2 is 1.88 bits per heavy atom. The standard InChI is InChI=1S/C12H12N2O3/c15-8-12(10(16)13-11(17)14-12)7-6-9-4-2-1-3-5-9/h1-5,8H,6-7H2,(H2,13,14,16,17)/t12-/m0/s1. The fourth-order valence-corrected chi connectivity index (χ4v) is 1.81. The first-order valence-electron chi connectivity index (χ1n) is 5.30. The Labute approximate surface area is 98.2 Å². The SMILES string of the molecule is O=C[C@]1(CCc2ccccc2)NC(=O)NC1=O. The van der Waals surface area contributed by atoms with Crippen molar-refractivity contribution >= 4 is 18.2 Å². The number of aldehydes is 1. The number of imide groups is 1. The van der Waals surface area contributed by atoms with E-state index in [1.165, 1.54) is 0 Å². The molecular formula is C12H12N2O3. The van der Waals surface area contributed by atoms with Crippen LogP contribution in [-0.4, -0.2) is 23.8 Å². The van der Waals surface area contributed by atoms with Gasteiger partial charge in [0.05, 0.1) is 0 Å². The molecule has 0 saturated carbocycles. The fraction of sp³-hybridized carbons (Fsp3) is 0.250. The van der Waals surface area contributed by atoms with Crippen molar-refractivity contribution in [1.29, 1.82) is 0 Å². The van der Waals surface area contributed by atoms with Crippen molar-refractivity contribution < 1.29 is 14.4 Å². The lowest BCUT2D eigenvalue weighted by molar-refractivity contribution is -0.129. The van der Waals surface area contributed by atoms with Crippen LogP contribution in [-0.2, 0) is 16.0 Å². The molecule has 2 N–H and O–H groups in total. The minimum Gasteiger partial charge on any atom is -0.317 e. The van der Waals surface area contributed by atoms with Gasteiger partial charge in [-0.25, -0.2) is 4.79 Å². The zero-order valence-corrected chi connectivity index (χ0v) is 9.10. The van der Waals surface area contributed by atoms with Crippen LogP contribution in [0, 0.1) is 0 Å². The molecule has 88 valence electrons.